The van der Waals surface area contributed by atoms with Crippen LogP contribution in [0.1, 0.15) is 12.5 Å². The van der Waals surface area contributed by atoms with Crippen LogP contribution >= 0.6 is 47.8 Å². The maximum absolute atomic E-state index is 11.8. The average Bonchev–Trinajstić information content (AvgIpc) is 2.52. The van der Waals surface area contributed by atoms with E-state index in [1.54, 1.807) is 6.07 Å². The minimum Gasteiger partial charge on any atom is -0.483 e. The SMILES string of the molecule is CC(=NNC(=O)COc1ccc(Br)cc1Br)c1ccc(Br)cc1. The second kappa shape index (κ2) is 8.61. The van der Waals surface area contributed by atoms with Gasteiger partial charge in [-0.05, 0) is 58.7 Å². The Labute approximate surface area is 159 Å². The molecule has 2 aromatic rings. The molecular formula is C16H13Br3N2O2. The Bertz CT molecular complexity index is 731. The summed E-state index contributed by atoms with van der Waals surface area (Å²) in [6, 6.07) is 13.2. The second-order valence-corrected chi connectivity index (χ2v) is 7.29. The number of hydrogen-bond acceptors (Lipinski definition) is 3. The van der Waals surface area contributed by atoms with E-state index in [0.717, 1.165) is 24.7 Å². The van der Waals surface area contributed by atoms with Gasteiger partial charge in [0.1, 0.15) is 5.75 Å². The fraction of sp³-hybridized carbons (Fsp3) is 0.125. The Morgan fingerprint density at radius 3 is 2.39 bits per heavy atom. The lowest BCUT2D eigenvalue weighted by atomic mass is 10.1. The first kappa shape index (κ1) is 18.2. The van der Waals surface area contributed by atoms with Crippen molar-refractivity contribution < 1.29 is 9.53 Å². The number of benzene rings is 2. The van der Waals surface area contributed by atoms with E-state index >= 15 is 0 Å². The molecule has 1 N–H and O–H groups in total. The number of ether oxygens (including phenoxy) is 1. The molecular weight excluding hydrogens is 492 g/mol. The second-order valence-electron chi connectivity index (χ2n) is 4.60. The number of carbonyl (C=O) groups is 1. The number of halogens is 3. The van der Waals surface area contributed by atoms with Crippen molar-refractivity contribution in [3.8, 4) is 5.75 Å². The predicted molar refractivity (Wildman–Crippen MR) is 102 cm³/mol. The molecule has 0 aliphatic rings. The van der Waals surface area contributed by atoms with Crippen molar-refractivity contribution in [2.45, 2.75) is 6.92 Å². The molecule has 0 radical (unpaired) electrons. The fourth-order valence-corrected chi connectivity index (χ4v) is 3.10. The predicted octanol–water partition coefficient (Wildman–Crippen LogP) is 4.89. The Balaban J connectivity index is 1.89. The monoisotopic (exact) mass is 502 g/mol. The third-order valence-electron chi connectivity index (χ3n) is 2.86. The average molecular weight is 505 g/mol. The van der Waals surface area contributed by atoms with Crippen molar-refractivity contribution >= 4 is 59.4 Å². The van der Waals surface area contributed by atoms with E-state index in [1.165, 1.54) is 0 Å². The molecule has 0 bridgehead atoms. The van der Waals surface area contributed by atoms with Crippen molar-refractivity contribution in [2.24, 2.45) is 5.10 Å². The highest BCUT2D eigenvalue weighted by Gasteiger charge is 2.06. The standard InChI is InChI=1S/C16H13Br3N2O2/c1-10(11-2-4-12(17)5-3-11)20-21-16(22)9-23-15-7-6-13(18)8-14(15)19/h2-8H,9H2,1H3,(H,21,22). The van der Waals surface area contributed by atoms with Gasteiger partial charge in [0.15, 0.2) is 6.61 Å². The molecule has 4 nitrogen and oxygen atoms in total. The molecule has 0 aliphatic carbocycles. The van der Waals surface area contributed by atoms with Crippen LogP contribution in [0.15, 0.2) is 61.0 Å². The number of nitrogens with zero attached hydrogens (tertiary/aromatic N) is 1. The zero-order valence-electron chi connectivity index (χ0n) is 12.1. The Kier molecular flexibility index (Phi) is 6.80. The Morgan fingerprint density at radius 2 is 1.74 bits per heavy atom. The maximum atomic E-state index is 11.8. The quantitative estimate of drug-likeness (QED) is 0.465. The van der Waals surface area contributed by atoms with Gasteiger partial charge < -0.3 is 4.74 Å². The largest absolute Gasteiger partial charge is 0.483 e. The molecule has 2 rings (SSSR count). The molecule has 0 atom stereocenters. The number of hydrazone groups is 1. The van der Waals surface area contributed by atoms with E-state index in [9.17, 15) is 4.79 Å². The first-order chi connectivity index (χ1) is 11.0. The van der Waals surface area contributed by atoms with E-state index in [2.05, 4.69) is 58.3 Å². The summed E-state index contributed by atoms with van der Waals surface area (Å²) in [6.45, 7) is 1.72. The summed E-state index contributed by atoms with van der Waals surface area (Å²) in [5.41, 5.74) is 4.14. The summed E-state index contributed by atoms with van der Waals surface area (Å²) in [5.74, 6) is 0.272. The van der Waals surface area contributed by atoms with Crippen LogP contribution in [0, 0.1) is 0 Å². The van der Waals surface area contributed by atoms with Gasteiger partial charge in [0.2, 0.25) is 0 Å². The molecule has 0 unspecified atom stereocenters. The molecule has 0 saturated heterocycles. The molecule has 2 aromatic carbocycles. The summed E-state index contributed by atoms with van der Waals surface area (Å²) in [6.07, 6.45) is 0. The molecule has 0 aromatic heterocycles. The molecule has 0 saturated carbocycles. The number of hydrogen-bond donors (Lipinski definition) is 1. The van der Waals surface area contributed by atoms with Crippen LogP contribution in [0.2, 0.25) is 0 Å². The molecule has 23 heavy (non-hydrogen) atoms. The molecule has 120 valence electrons. The summed E-state index contributed by atoms with van der Waals surface area (Å²) >= 11 is 10.1. The lowest BCUT2D eigenvalue weighted by Gasteiger charge is -2.08. The van der Waals surface area contributed by atoms with Gasteiger partial charge in [-0.3, -0.25) is 4.79 Å². The number of nitrogens with one attached hydrogen (secondary N) is 1. The third-order valence-corrected chi connectivity index (χ3v) is 4.50. The fourth-order valence-electron chi connectivity index (χ4n) is 1.67. The highest BCUT2D eigenvalue weighted by molar-refractivity contribution is 9.11. The van der Waals surface area contributed by atoms with Gasteiger partial charge in [0.05, 0.1) is 10.2 Å². The zero-order valence-corrected chi connectivity index (χ0v) is 16.9. The first-order valence-corrected chi connectivity index (χ1v) is 9.00. The lowest BCUT2D eigenvalue weighted by Crippen LogP contribution is -2.25. The molecule has 1 amide bonds. The van der Waals surface area contributed by atoms with Crippen LogP contribution < -0.4 is 10.2 Å². The van der Waals surface area contributed by atoms with Crippen LogP contribution in [-0.2, 0) is 4.79 Å². The smallest absolute Gasteiger partial charge is 0.277 e. The van der Waals surface area contributed by atoms with Gasteiger partial charge in [-0.1, -0.05) is 44.0 Å². The minimum absolute atomic E-state index is 0.114. The van der Waals surface area contributed by atoms with Crippen molar-refractivity contribution in [3.05, 3.63) is 61.4 Å². The van der Waals surface area contributed by atoms with Crippen molar-refractivity contribution in [1.82, 2.24) is 5.43 Å². The van der Waals surface area contributed by atoms with Crippen molar-refractivity contribution in [2.75, 3.05) is 6.61 Å². The van der Waals surface area contributed by atoms with Crippen LogP contribution in [-0.4, -0.2) is 18.2 Å². The summed E-state index contributed by atoms with van der Waals surface area (Å²) in [4.78, 5) is 11.8. The maximum Gasteiger partial charge on any atom is 0.277 e. The molecule has 0 spiro atoms. The Hall–Kier alpha value is -1.18. The lowest BCUT2D eigenvalue weighted by molar-refractivity contribution is -0.123. The first-order valence-electron chi connectivity index (χ1n) is 6.62. The normalized spacial score (nSPS) is 11.2. The van der Waals surface area contributed by atoms with Crippen LogP contribution in [0.25, 0.3) is 0 Å². The van der Waals surface area contributed by atoms with Gasteiger partial charge in [0, 0.05) is 8.95 Å². The summed E-state index contributed by atoms with van der Waals surface area (Å²) < 4.78 is 8.14. The van der Waals surface area contributed by atoms with Crippen molar-refractivity contribution in [3.63, 3.8) is 0 Å². The van der Waals surface area contributed by atoms with Gasteiger partial charge in [-0.25, -0.2) is 5.43 Å². The third kappa shape index (κ3) is 5.75. The van der Waals surface area contributed by atoms with Gasteiger partial charge in [0.25, 0.3) is 5.91 Å². The minimum atomic E-state index is -0.323. The van der Waals surface area contributed by atoms with E-state index in [-0.39, 0.29) is 12.5 Å². The van der Waals surface area contributed by atoms with Crippen LogP contribution in [0.3, 0.4) is 0 Å². The van der Waals surface area contributed by atoms with E-state index in [0.29, 0.717) is 5.75 Å². The van der Waals surface area contributed by atoms with E-state index < -0.39 is 0 Å². The highest BCUT2D eigenvalue weighted by Crippen LogP contribution is 2.28. The molecule has 0 heterocycles. The highest BCUT2D eigenvalue weighted by atomic mass is 79.9. The van der Waals surface area contributed by atoms with E-state index in [1.807, 2.05) is 43.3 Å². The zero-order chi connectivity index (χ0) is 16.8. The number of amides is 1. The van der Waals surface area contributed by atoms with Crippen LogP contribution in [0.4, 0.5) is 0 Å². The molecule has 0 aliphatic heterocycles. The number of rotatable bonds is 5. The summed E-state index contributed by atoms with van der Waals surface area (Å²) in [5, 5.41) is 4.08. The summed E-state index contributed by atoms with van der Waals surface area (Å²) in [7, 11) is 0. The van der Waals surface area contributed by atoms with Gasteiger partial charge >= 0.3 is 0 Å². The molecule has 0 fully saturated rings. The molecule has 7 heteroatoms. The van der Waals surface area contributed by atoms with Crippen LogP contribution in [0.5, 0.6) is 5.75 Å². The van der Waals surface area contributed by atoms with Gasteiger partial charge in [-0.2, -0.15) is 5.10 Å². The Morgan fingerprint density at radius 1 is 1.09 bits per heavy atom. The van der Waals surface area contributed by atoms with Crippen molar-refractivity contribution in [1.29, 1.82) is 0 Å². The van der Waals surface area contributed by atoms with E-state index in [4.69, 9.17) is 4.74 Å². The topological polar surface area (TPSA) is 50.7 Å². The number of carbonyl (C=O) groups excluding carboxylic acids is 1. The van der Waals surface area contributed by atoms with Gasteiger partial charge in [-0.15, -0.1) is 0 Å².